The highest BCUT2D eigenvalue weighted by Gasteiger charge is 2.32. The van der Waals surface area contributed by atoms with E-state index < -0.39 is 12.1 Å². The number of rotatable bonds is 5. The van der Waals surface area contributed by atoms with Crippen LogP contribution in [0.25, 0.3) is 0 Å². The molecule has 2 aliphatic rings. The molecule has 0 aliphatic carbocycles. The third-order valence-electron chi connectivity index (χ3n) is 3.93. The molecule has 2 fully saturated rings. The molecule has 5 nitrogen and oxygen atoms in total. The minimum Gasteiger partial charge on any atom is -0.479 e. The second kappa shape index (κ2) is 6.68. The minimum atomic E-state index is -0.816. The second-order valence-corrected chi connectivity index (χ2v) is 6.16. The Bertz CT molecular complexity index is 301. The number of carboxylic acids is 1. The van der Waals surface area contributed by atoms with Gasteiger partial charge in [-0.3, -0.25) is 4.90 Å². The molecule has 2 heterocycles. The first-order chi connectivity index (χ1) is 9.04. The number of ether oxygens (including phenoxy) is 1. The summed E-state index contributed by atoms with van der Waals surface area (Å²) >= 11 is 0. The number of piperazine rings is 1. The summed E-state index contributed by atoms with van der Waals surface area (Å²) in [6, 6.07) is 0. The molecule has 2 aliphatic heterocycles. The Morgan fingerprint density at radius 1 is 1.21 bits per heavy atom. The van der Waals surface area contributed by atoms with Gasteiger partial charge in [-0.15, -0.1) is 0 Å². The van der Waals surface area contributed by atoms with Crippen molar-refractivity contribution in [3.8, 4) is 0 Å². The van der Waals surface area contributed by atoms with E-state index in [1.54, 1.807) is 0 Å². The van der Waals surface area contributed by atoms with Gasteiger partial charge >= 0.3 is 5.97 Å². The number of hydrogen-bond donors (Lipinski definition) is 1. The zero-order valence-corrected chi connectivity index (χ0v) is 12.0. The summed E-state index contributed by atoms with van der Waals surface area (Å²) in [5.41, 5.74) is 0. The molecule has 0 unspecified atom stereocenters. The summed E-state index contributed by atoms with van der Waals surface area (Å²) in [6.45, 7) is 11.0. The molecule has 0 amide bonds. The zero-order chi connectivity index (χ0) is 13.8. The van der Waals surface area contributed by atoms with E-state index in [1.807, 2.05) is 0 Å². The highest BCUT2D eigenvalue weighted by Crippen LogP contribution is 2.21. The third-order valence-corrected chi connectivity index (χ3v) is 3.93. The molecule has 0 aromatic carbocycles. The summed E-state index contributed by atoms with van der Waals surface area (Å²) in [6.07, 6.45) is 1.07. The summed E-state index contributed by atoms with van der Waals surface area (Å²) in [5, 5.41) is 8.91. The van der Waals surface area contributed by atoms with Gasteiger partial charge in [0.15, 0.2) is 6.10 Å². The number of aliphatic carboxylic acids is 1. The number of carbonyl (C=O) groups is 1. The Balaban J connectivity index is 1.67. The van der Waals surface area contributed by atoms with Crippen molar-refractivity contribution < 1.29 is 14.6 Å². The normalized spacial score (nSPS) is 30.1. The van der Waals surface area contributed by atoms with E-state index >= 15 is 0 Å². The summed E-state index contributed by atoms with van der Waals surface area (Å²) in [4.78, 5) is 15.8. The minimum absolute atomic E-state index is 0.109. The fourth-order valence-electron chi connectivity index (χ4n) is 2.98. The molecule has 0 aromatic rings. The molecular formula is C14H26N2O3. The monoisotopic (exact) mass is 270 g/mol. The fraction of sp³-hybridized carbons (Fsp3) is 0.929. The Kier molecular flexibility index (Phi) is 5.19. The Hall–Kier alpha value is -0.650. The Morgan fingerprint density at radius 2 is 1.84 bits per heavy atom. The molecule has 2 rings (SSSR count). The standard InChI is InChI=1S/C14H26N2O3/c1-11(2)9-15-5-7-16(8-6-15)10-12-3-4-13(19-12)14(17)18/h11-13H,3-10H2,1-2H3,(H,17,18)/t12-,13+/m1/s1. The maximum absolute atomic E-state index is 10.8. The van der Waals surface area contributed by atoms with Gasteiger partial charge < -0.3 is 14.7 Å². The molecule has 0 bridgehead atoms. The van der Waals surface area contributed by atoms with Gasteiger partial charge in [0.25, 0.3) is 0 Å². The van der Waals surface area contributed by atoms with E-state index in [4.69, 9.17) is 9.84 Å². The average molecular weight is 270 g/mol. The molecule has 2 saturated heterocycles. The van der Waals surface area contributed by atoms with Gasteiger partial charge in [-0.05, 0) is 18.8 Å². The van der Waals surface area contributed by atoms with Crippen molar-refractivity contribution >= 4 is 5.97 Å². The molecule has 0 aromatic heterocycles. The van der Waals surface area contributed by atoms with E-state index in [0.717, 1.165) is 45.1 Å². The topological polar surface area (TPSA) is 53.0 Å². The molecule has 0 radical (unpaired) electrons. The lowest BCUT2D eigenvalue weighted by molar-refractivity contribution is -0.149. The van der Waals surface area contributed by atoms with E-state index in [9.17, 15) is 4.79 Å². The summed E-state index contributed by atoms with van der Waals surface area (Å²) in [7, 11) is 0. The summed E-state index contributed by atoms with van der Waals surface area (Å²) in [5.74, 6) is -0.0923. The van der Waals surface area contributed by atoms with Gasteiger partial charge in [0.2, 0.25) is 0 Å². The fourth-order valence-corrected chi connectivity index (χ4v) is 2.98. The third kappa shape index (κ3) is 4.44. The van der Waals surface area contributed by atoms with Crippen molar-refractivity contribution in [1.29, 1.82) is 0 Å². The lowest BCUT2D eigenvalue weighted by Gasteiger charge is -2.36. The highest BCUT2D eigenvalue weighted by atomic mass is 16.5. The SMILES string of the molecule is CC(C)CN1CCN(C[C@H]2CC[C@@H](C(=O)O)O2)CC1. The molecule has 110 valence electrons. The van der Waals surface area contributed by atoms with Crippen LogP contribution < -0.4 is 0 Å². The van der Waals surface area contributed by atoms with Gasteiger partial charge in [-0.1, -0.05) is 13.8 Å². The van der Waals surface area contributed by atoms with Crippen LogP contribution in [0.2, 0.25) is 0 Å². The maximum Gasteiger partial charge on any atom is 0.332 e. The van der Waals surface area contributed by atoms with Gasteiger partial charge in [0.1, 0.15) is 0 Å². The van der Waals surface area contributed by atoms with Crippen LogP contribution >= 0.6 is 0 Å². The first kappa shape index (κ1) is 14.8. The molecule has 1 N–H and O–H groups in total. The van der Waals surface area contributed by atoms with Crippen molar-refractivity contribution in [2.24, 2.45) is 5.92 Å². The number of carboxylic acid groups (broad SMARTS) is 1. The van der Waals surface area contributed by atoms with Crippen LogP contribution in [0.3, 0.4) is 0 Å². The zero-order valence-electron chi connectivity index (χ0n) is 12.0. The van der Waals surface area contributed by atoms with Crippen LogP contribution in [0.1, 0.15) is 26.7 Å². The van der Waals surface area contributed by atoms with Gasteiger partial charge in [-0.2, -0.15) is 0 Å². The maximum atomic E-state index is 10.8. The van der Waals surface area contributed by atoms with E-state index in [2.05, 4.69) is 23.6 Å². The summed E-state index contributed by atoms with van der Waals surface area (Å²) < 4.78 is 5.56. The number of nitrogens with zero attached hydrogens (tertiary/aromatic N) is 2. The Morgan fingerprint density at radius 3 is 2.37 bits per heavy atom. The van der Waals surface area contributed by atoms with Crippen molar-refractivity contribution in [3.63, 3.8) is 0 Å². The van der Waals surface area contributed by atoms with Crippen molar-refractivity contribution in [3.05, 3.63) is 0 Å². The predicted molar refractivity (Wildman–Crippen MR) is 73.2 cm³/mol. The molecule has 0 spiro atoms. The van der Waals surface area contributed by atoms with Crippen LogP contribution in [0.15, 0.2) is 0 Å². The average Bonchev–Trinajstić information content (AvgIpc) is 2.80. The van der Waals surface area contributed by atoms with Gasteiger partial charge in [0, 0.05) is 39.3 Å². The lowest BCUT2D eigenvalue weighted by atomic mass is 10.1. The highest BCUT2D eigenvalue weighted by molar-refractivity contribution is 5.72. The van der Waals surface area contributed by atoms with Crippen LogP contribution in [-0.4, -0.2) is 72.4 Å². The van der Waals surface area contributed by atoms with Gasteiger partial charge in [0.05, 0.1) is 6.10 Å². The van der Waals surface area contributed by atoms with Crippen LogP contribution in [0, 0.1) is 5.92 Å². The van der Waals surface area contributed by atoms with Crippen molar-refractivity contribution in [1.82, 2.24) is 9.80 Å². The van der Waals surface area contributed by atoms with Crippen LogP contribution in [0.5, 0.6) is 0 Å². The molecule has 5 heteroatoms. The van der Waals surface area contributed by atoms with Gasteiger partial charge in [-0.25, -0.2) is 4.79 Å². The van der Waals surface area contributed by atoms with Crippen molar-refractivity contribution in [2.75, 3.05) is 39.3 Å². The lowest BCUT2D eigenvalue weighted by Crippen LogP contribution is -2.49. The predicted octanol–water partition coefficient (Wildman–Crippen LogP) is 0.892. The molecule has 2 atom stereocenters. The smallest absolute Gasteiger partial charge is 0.332 e. The van der Waals surface area contributed by atoms with E-state index in [1.165, 1.54) is 6.54 Å². The Labute approximate surface area is 115 Å². The van der Waals surface area contributed by atoms with Crippen LogP contribution in [-0.2, 0) is 9.53 Å². The van der Waals surface area contributed by atoms with Crippen LogP contribution in [0.4, 0.5) is 0 Å². The number of hydrogen-bond acceptors (Lipinski definition) is 4. The van der Waals surface area contributed by atoms with E-state index in [0.29, 0.717) is 6.42 Å². The first-order valence-electron chi connectivity index (χ1n) is 7.37. The second-order valence-electron chi connectivity index (χ2n) is 6.16. The molecule has 19 heavy (non-hydrogen) atoms. The quantitative estimate of drug-likeness (QED) is 0.804. The molecular weight excluding hydrogens is 244 g/mol. The first-order valence-corrected chi connectivity index (χ1v) is 7.37. The van der Waals surface area contributed by atoms with E-state index in [-0.39, 0.29) is 6.10 Å². The van der Waals surface area contributed by atoms with Crippen molar-refractivity contribution in [2.45, 2.75) is 38.9 Å². The molecule has 0 saturated carbocycles. The largest absolute Gasteiger partial charge is 0.479 e.